The second-order valence-corrected chi connectivity index (χ2v) is 8.85. The zero-order chi connectivity index (χ0) is 17.0. The van der Waals surface area contributed by atoms with E-state index in [-0.39, 0.29) is 0 Å². The van der Waals surface area contributed by atoms with E-state index in [1.807, 2.05) is 0 Å². The molecule has 0 saturated heterocycles. The molecule has 0 heterocycles. The molecule has 2 aliphatic carbocycles. The summed E-state index contributed by atoms with van der Waals surface area (Å²) in [4.78, 5) is 0. The van der Waals surface area contributed by atoms with Crippen molar-refractivity contribution in [3.05, 3.63) is 11.6 Å². The average molecular weight is 319 g/mol. The maximum Gasteiger partial charge on any atom is -0.00883 e. The Hall–Kier alpha value is -0.260. The van der Waals surface area contributed by atoms with Crippen LogP contribution >= 0.6 is 0 Å². The third kappa shape index (κ3) is 3.57. The molecule has 0 heteroatoms. The van der Waals surface area contributed by atoms with Gasteiger partial charge < -0.3 is 0 Å². The summed E-state index contributed by atoms with van der Waals surface area (Å²) in [6.45, 7) is 14.5. The summed E-state index contributed by atoms with van der Waals surface area (Å²) in [7, 11) is 0. The minimum atomic E-state index is 0.471. The maximum absolute atomic E-state index is 2.58. The summed E-state index contributed by atoms with van der Waals surface area (Å²) in [5.74, 6) is 5.01. The Morgan fingerprint density at radius 2 is 1.70 bits per heavy atom. The van der Waals surface area contributed by atoms with Crippen molar-refractivity contribution in [2.24, 2.45) is 35.0 Å². The van der Waals surface area contributed by atoms with Gasteiger partial charge in [-0.15, -0.1) is 0 Å². The van der Waals surface area contributed by atoms with Crippen LogP contribution in [0.1, 0.15) is 99.3 Å². The highest BCUT2D eigenvalue weighted by atomic mass is 14.5. The molecule has 6 atom stereocenters. The minimum absolute atomic E-state index is 0.471. The first-order chi connectivity index (χ1) is 11.0. The van der Waals surface area contributed by atoms with Crippen LogP contribution in [0.5, 0.6) is 0 Å². The molecule has 0 aromatic rings. The number of fused-ring (bicyclic) bond motifs is 1. The number of allylic oxidation sites excluding steroid dienone is 2. The van der Waals surface area contributed by atoms with E-state index in [4.69, 9.17) is 0 Å². The van der Waals surface area contributed by atoms with E-state index < -0.39 is 0 Å². The number of hydrogen-bond donors (Lipinski definition) is 0. The van der Waals surface area contributed by atoms with Gasteiger partial charge in [-0.1, -0.05) is 71.4 Å². The molecule has 2 rings (SSSR count). The van der Waals surface area contributed by atoms with Gasteiger partial charge in [0.05, 0.1) is 0 Å². The van der Waals surface area contributed by atoms with E-state index in [0.29, 0.717) is 5.41 Å². The summed E-state index contributed by atoms with van der Waals surface area (Å²) >= 11 is 0. The molecule has 0 aromatic carbocycles. The van der Waals surface area contributed by atoms with E-state index in [2.05, 4.69) is 47.6 Å². The van der Waals surface area contributed by atoms with Gasteiger partial charge in [0, 0.05) is 0 Å². The van der Waals surface area contributed by atoms with Gasteiger partial charge in [-0.3, -0.25) is 0 Å². The van der Waals surface area contributed by atoms with Gasteiger partial charge >= 0.3 is 0 Å². The SMILES string of the molecule is C/C=C(/C)C1(C)CCC2C(CCC)C(CCC)CCC2C1CC. The molecule has 0 radical (unpaired) electrons. The molecule has 0 aliphatic heterocycles. The van der Waals surface area contributed by atoms with Crippen LogP contribution in [0.3, 0.4) is 0 Å². The van der Waals surface area contributed by atoms with Crippen LogP contribution in [0, 0.1) is 35.0 Å². The molecule has 0 N–H and O–H groups in total. The van der Waals surface area contributed by atoms with Gasteiger partial charge in [0.15, 0.2) is 0 Å². The van der Waals surface area contributed by atoms with Crippen molar-refractivity contribution < 1.29 is 0 Å². The van der Waals surface area contributed by atoms with E-state index in [9.17, 15) is 0 Å². The van der Waals surface area contributed by atoms with Crippen molar-refractivity contribution in [1.82, 2.24) is 0 Å². The smallest absolute Gasteiger partial charge is 0.00883 e. The third-order valence-corrected chi connectivity index (χ3v) is 7.96. The largest absolute Gasteiger partial charge is 0.0882 e. The Bertz CT molecular complexity index is 393. The second-order valence-electron chi connectivity index (χ2n) is 8.85. The van der Waals surface area contributed by atoms with Crippen LogP contribution in [0.2, 0.25) is 0 Å². The Morgan fingerprint density at radius 3 is 2.26 bits per heavy atom. The molecular formula is C23H42. The van der Waals surface area contributed by atoms with Crippen LogP contribution < -0.4 is 0 Å². The van der Waals surface area contributed by atoms with Crippen molar-refractivity contribution in [3.8, 4) is 0 Å². The van der Waals surface area contributed by atoms with Crippen LogP contribution in [0.4, 0.5) is 0 Å². The molecular weight excluding hydrogens is 276 g/mol. The van der Waals surface area contributed by atoms with Crippen molar-refractivity contribution in [3.63, 3.8) is 0 Å². The molecule has 0 amide bonds. The zero-order valence-electron chi connectivity index (χ0n) is 16.8. The van der Waals surface area contributed by atoms with E-state index >= 15 is 0 Å². The standard InChI is InChI=1S/C23H42/c1-7-11-18-13-14-21-20(19(18)12-8-2)15-16-23(6,17(5)9-3)22(21)10-4/h9,18-22H,7-8,10-16H2,1-6H3/b17-9-. The van der Waals surface area contributed by atoms with Gasteiger partial charge in [0.25, 0.3) is 0 Å². The molecule has 0 bridgehead atoms. The fourth-order valence-electron chi connectivity index (χ4n) is 6.64. The lowest BCUT2D eigenvalue weighted by molar-refractivity contribution is -0.0436. The first-order valence-electron chi connectivity index (χ1n) is 10.7. The van der Waals surface area contributed by atoms with Crippen LogP contribution in [0.25, 0.3) is 0 Å². The predicted octanol–water partition coefficient (Wildman–Crippen LogP) is 7.64. The molecule has 2 fully saturated rings. The number of rotatable bonds is 6. The summed E-state index contributed by atoms with van der Waals surface area (Å²) in [6, 6.07) is 0. The first-order valence-corrected chi connectivity index (χ1v) is 10.7. The predicted molar refractivity (Wildman–Crippen MR) is 104 cm³/mol. The molecule has 0 aromatic heterocycles. The van der Waals surface area contributed by atoms with Gasteiger partial charge in [-0.05, 0) is 74.5 Å². The van der Waals surface area contributed by atoms with E-state index in [1.54, 1.807) is 5.57 Å². The highest BCUT2D eigenvalue weighted by Crippen LogP contribution is 2.59. The quantitative estimate of drug-likeness (QED) is 0.441. The molecule has 6 unspecified atom stereocenters. The Balaban J connectivity index is 2.26. The fraction of sp³-hybridized carbons (Fsp3) is 0.913. The molecule has 0 nitrogen and oxygen atoms in total. The maximum atomic E-state index is 2.58. The average Bonchev–Trinajstić information content (AvgIpc) is 2.56. The lowest BCUT2D eigenvalue weighted by atomic mass is 9.49. The van der Waals surface area contributed by atoms with Crippen LogP contribution in [-0.4, -0.2) is 0 Å². The summed E-state index contributed by atoms with van der Waals surface area (Å²) in [5, 5.41) is 0. The lowest BCUT2D eigenvalue weighted by Crippen LogP contribution is -2.48. The molecule has 2 saturated carbocycles. The highest BCUT2D eigenvalue weighted by Gasteiger charge is 2.50. The van der Waals surface area contributed by atoms with E-state index in [0.717, 1.165) is 29.6 Å². The minimum Gasteiger partial charge on any atom is -0.0882 e. The summed E-state index contributed by atoms with van der Waals surface area (Å²) in [5.41, 5.74) is 2.13. The fourth-order valence-corrected chi connectivity index (χ4v) is 6.64. The van der Waals surface area contributed by atoms with Gasteiger partial charge in [-0.2, -0.15) is 0 Å². The Kier molecular flexibility index (Phi) is 6.81. The van der Waals surface area contributed by atoms with Crippen LogP contribution in [0.15, 0.2) is 11.6 Å². The third-order valence-electron chi connectivity index (χ3n) is 7.96. The van der Waals surface area contributed by atoms with Gasteiger partial charge in [-0.25, -0.2) is 0 Å². The van der Waals surface area contributed by atoms with Crippen molar-refractivity contribution in [2.75, 3.05) is 0 Å². The summed E-state index contributed by atoms with van der Waals surface area (Å²) < 4.78 is 0. The first kappa shape index (κ1) is 19.1. The summed E-state index contributed by atoms with van der Waals surface area (Å²) in [6.07, 6.45) is 15.5. The van der Waals surface area contributed by atoms with Crippen molar-refractivity contribution in [1.29, 1.82) is 0 Å². The number of hydrogen-bond acceptors (Lipinski definition) is 0. The normalized spacial score (nSPS) is 41.7. The molecule has 0 spiro atoms. The molecule has 2 aliphatic rings. The van der Waals surface area contributed by atoms with Crippen LogP contribution in [-0.2, 0) is 0 Å². The molecule has 134 valence electrons. The van der Waals surface area contributed by atoms with E-state index in [1.165, 1.54) is 57.8 Å². The Morgan fingerprint density at radius 1 is 1.00 bits per heavy atom. The topological polar surface area (TPSA) is 0 Å². The second kappa shape index (κ2) is 8.21. The monoisotopic (exact) mass is 318 g/mol. The van der Waals surface area contributed by atoms with Crippen molar-refractivity contribution in [2.45, 2.75) is 99.3 Å². The van der Waals surface area contributed by atoms with Gasteiger partial charge in [0.1, 0.15) is 0 Å². The zero-order valence-corrected chi connectivity index (χ0v) is 16.8. The van der Waals surface area contributed by atoms with Gasteiger partial charge in [0.2, 0.25) is 0 Å². The lowest BCUT2D eigenvalue weighted by Gasteiger charge is -2.56. The Labute approximate surface area is 146 Å². The highest BCUT2D eigenvalue weighted by molar-refractivity contribution is 5.15. The van der Waals surface area contributed by atoms with Crippen molar-refractivity contribution >= 4 is 0 Å². The molecule has 23 heavy (non-hydrogen) atoms.